The van der Waals surface area contributed by atoms with Crippen LogP contribution >= 0.6 is 11.6 Å². The summed E-state index contributed by atoms with van der Waals surface area (Å²) >= 11 is 5.31. The van der Waals surface area contributed by atoms with Gasteiger partial charge in [-0.2, -0.15) is 13.2 Å². The van der Waals surface area contributed by atoms with Gasteiger partial charge in [0, 0.05) is 6.07 Å². The molecule has 1 aromatic heterocycles. The van der Waals surface area contributed by atoms with Gasteiger partial charge < -0.3 is 10.4 Å². The van der Waals surface area contributed by atoms with Crippen molar-refractivity contribution in [1.29, 1.82) is 0 Å². The zero-order valence-corrected chi connectivity index (χ0v) is 9.36. The molecule has 0 aromatic carbocycles. The summed E-state index contributed by atoms with van der Waals surface area (Å²) in [5.41, 5.74) is 0. The Balaban J connectivity index is 2.88. The molecule has 1 rings (SSSR count). The standard InChI is InChI=1S/C8H7ClF5N3O/c9-4-1-5(15-2-7(10,11)3-18)17-6(16-4)8(12,13)14/h1,18H,2-3H2,(H,15,16,17). The number of alkyl halides is 5. The number of anilines is 1. The second-order valence-electron chi connectivity index (χ2n) is 3.26. The zero-order valence-electron chi connectivity index (χ0n) is 8.60. The summed E-state index contributed by atoms with van der Waals surface area (Å²) in [7, 11) is 0. The van der Waals surface area contributed by atoms with E-state index >= 15 is 0 Å². The van der Waals surface area contributed by atoms with Crippen LogP contribution in [0.2, 0.25) is 5.15 Å². The molecule has 1 aromatic rings. The van der Waals surface area contributed by atoms with Gasteiger partial charge >= 0.3 is 6.18 Å². The summed E-state index contributed by atoms with van der Waals surface area (Å²) in [6.07, 6.45) is -4.83. The number of hydrogen-bond acceptors (Lipinski definition) is 4. The van der Waals surface area contributed by atoms with Crippen LogP contribution in [0.15, 0.2) is 6.07 Å². The minimum absolute atomic E-state index is 0.504. The topological polar surface area (TPSA) is 58.0 Å². The summed E-state index contributed by atoms with van der Waals surface area (Å²) in [6, 6.07) is 0.865. The summed E-state index contributed by atoms with van der Waals surface area (Å²) in [6.45, 7) is -2.51. The van der Waals surface area contributed by atoms with Crippen molar-refractivity contribution in [2.45, 2.75) is 12.1 Å². The van der Waals surface area contributed by atoms with Crippen LogP contribution in [0, 0.1) is 0 Å². The first-order chi connectivity index (χ1) is 8.14. The molecule has 10 heteroatoms. The van der Waals surface area contributed by atoms with Crippen molar-refractivity contribution in [2.75, 3.05) is 18.5 Å². The van der Waals surface area contributed by atoms with Crippen LogP contribution in [0.25, 0.3) is 0 Å². The molecule has 0 fully saturated rings. The lowest BCUT2D eigenvalue weighted by atomic mass is 10.3. The summed E-state index contributed by atoms with van der Waals surface area (Å²) in [4.78, 5) is 5.92. The second kappa shape index (κ2) is 5.19. The fourth-order valence-corrected chi connectivity index (χ4v) is 1.09. The van der Waals surface area contributed by atoms with Gasteiger partial charge in [0.25, 0.3) is 5.92 Å². The Morgan fingerprint density at radius 3 is 2.33 bits per heavy atom. The van der Waals surface area contributed by atoms with Crippen molar-refractivity contribution < 1.29 is 27.1 Å². The number of nitrogens with one attached hydrogen (secondary N) is 1. The highest BCUT2D eigenvalue weighted by Crippen LogP contribution is 2.28. The predicted octanol–water partition coefficient (Wildman–Crippen LogP) is 2.19. The van der Waals surface area contributed by atoms with Crippen LogP contribution in [0.4, 0.5) is 27.8 Å². The van der Waals surface area contributed by atoms with E-state index in [1.165, 1.54) is 0 Å². The number of aromatic nitrogens is 2. The van der Waals surface area contributed by atoms with E-state index in [-0.39, 0.29) is 0 Å². The average molecular weight is 292 g/mol. The van der Waals surface area contributed by atoms with E-state index in [4.69, 9.17) is 16.7 Å². The fraction of sp³-hybridized carbons (Fsp3) is 0.500. The number of nitrogens with zero attached hydrogens (tertiary/aromatic N) is 2. The van der Waals surface area contributed by atoms with Crippen LogP contribution in [0.1, 0.15) is 5.82 Å². The quantitative estimate of drug-likeness (QED) is 0.659. The molecule has 0 aliphatic heterocycles. The van der Waals surface area contributed by atoms with Gasteiger partial charge in [-0.15, -0.1) is 0 Å². The number of aliphatic hydroxyl groups is 1. The molecule has 0 saturated heterocycles. The van der Waals surface area contributed by atoms with E-state index < -0.39 is 42.0 Å². The zero-order chi connectivity index (χ0) is 14.0. The summed E-state index contributed by atoms with van der Waals surface area (Å²) in [5.74, 6) is -5.52. The Morgan fingerprint density at radius 2 is 1.83 bits per heavy atom. The van der Waals surface area contributed by atoms with Gasteiger partial charge in [-0.3, -0.25) is 0 Å². The monoisotopic (exact) mass is 291 g/mol. The molecule has 2 N–H and O–H groups in total. The van der Waals surface area contributed by atoms with Crippen LogP contribution in [-0.2, 0) is 6.18 Å². The molecule has 0 saturated carbocycles. The molecular formula is C8H7ClF5N3O. The van der Waals surface area contributed by atoms with Crippen LogP contribution in [0.3, 0.4) is 0 Å². The molecule has 0 unspecified atom stereocenters. The van der Waals surface area contributed by atoms with Crippen molar-refractivity contribution in [3.63, 3.8) is 0 Å². The highest BCUT2D eigenvalue weighted by atomic mass is 35.5. The van der Waals surface area contributed by atoms with E-state index in [2.05, 4.69) is 9.97 Å². The Hall–Kier alpha value is -1.22. The van der Waals surface area contributed by atoms with Crippen molar-refractivity contribution in [2.24, 2.45) is 0 Å². The number of rotatable bonds is 4. The van der Waals surface area contributed by atoms with Crippen LogP contribution < -0.4 is 5.32 Å². The molecule has 18 heavy (non-hydrogen) atoms. The molecule has 0 aliphatic carbocycles. The van der Waals surface area contributed by atoms with Gasteiger partial charge in [-0.1, -0.05) is 11.6 Å². The molecular weight excluding hydrogens is 285 g/mol. The lowest BCUT2D eigenvalue weighted by molar-refractivity contribution is -0.144. The lowest BCUT2D eigenvalue weighted by Gasteiger charge is -2.15. The molecule has 0 spiro atoms. The molecule has 1 heterocycles. The first-order valence-electron chi connectivity index (χ1n) is 4.48. The summed E-state index contributed by atoms with van der Waals surface area (Å²) < 4.78 is 62.2. The van der Waals surface area contributed by atoms with Crippen molar-refractivity contribution in [3.05, 3.63) is 17.0 Å². The SMILES string of the molecule is OCC(F)(F)CNc1cc(Cl)nc(C(F)(F)F)n1. The molecule has 0 aliphatic rings. The van der Waals surface area contributed by atoms with E-state index in [0.717, 1.165) is 6.07 Å². The maximum Gasteiger partial charge on any atom is 0.451 e. The fourth-order valence-electron chi connectivity index (χ4n) is 0.911. The number of halogens is 6. The van der Waals surface area contributed by atoms with E-state index in [9.17, 15) is 22.0 Å². The third-order valence-electron chi connectivity index (χ3n) is 1.71. The third-order valence-corrected chi connectivity index (χ3v) is 1.90. The minimum atomic E-state index is -4.83. The highest BCUT2D eigenvalue weighted by molar-refractivity contribution is 6.29. The summed E-state index contributed by atoms with van der Waals surface area (Å²) in [5, 5.41) is 9.69. The second-order valence-corrected chi connectivity index (χ2v) is 3.65. The van der Waals surface area contributed by atoms with Gasteiger partial charge in [0.05, 0.1) is 6.54 Å². The lowest BCUT2D eigenvalue weighted by Crippen LogP contribution is -2.31. The molecule has 0 bridgehead atoms. The van der Waals surface area contributed by atoms with Crippen molar-refractivity contribution >= 4 is 17.4 Å². The predicted molar refractivity (Wildman–Crippen MR) is 52.6 cm³/mol. The highest BCUT2D eigenvalue weighted by Gasteiger charge is 2.35. The van der Waals surface area contributed by atoms with Crippen LogP contribution in [-0.4, -0.2) is 34.1 Å². The Morgan fingerprint density at radius 1 is 1.22 bits per heavy atom. The van der Waals surface area contributed by atoms with Crippen molar-refractivity contribution in [3.8, 4) is 0 Å². The largest absolute Gasteiger partial charge is 0.451 e. The molecule has 0 radical (unpaired) electrons. The normalized spacial score (nSPS) is 12.6. The van der Waals surface area contributed by atoms with Gasteiger partial charge in [-0.05, 0) is 0 Å². The van der Waals surface area contributed by atoms with Crippen molar-refractivity contribution in [1.82, 2.24) is 9.97 Å². The first kappa shape index (κ1) is 14.8. The Bertz CT molecular complexity index is 426. The van der Waals surface area contributed by atoms with Gasteiger partial charge in [0.2, 0.25) is 5.82 Å². The number of aliphatic hydroxyl groups excluding tert-OH is 1. The maximum atomic E-state index is 12.7. The van der Waals surface area contributed by atoms with Crippen LogP contribution in [0.5, 0.6) is 0 Å². The Labute approximate surface area is 103 Å². The van der Waals surface area contributed by atoms with Gasteiger partial charge in [0.1, 0.15) is 17.6 Å². The van der Waals surface area contributed by atoms with E-state index in [1.54, 1.807) is 0 Å². The smallest absolute Gasteiger partial charge is 0.390 e. The van der Waals surface area contributed by atoms with E-state index in [1.807, 2.05) is 5.32 Å². The molecule has 0 amide bonds. The molecule has 0 atom stereocenters. The first-order valence-corrected chi connectivity index (χ1v) is 4.86. The van der Waals surface area contributed by atoms with Gasteiger partial charge in [0.15, 0.2) is 0 Å². The van der Waals surface area contributed by atoms with Gasteiger partial charge in [-0.25, -0.2) is 18.7 Å². The molecule has 4 nitrogen and oxygen atoms in total. The minimum Gasteiger partial charge on any atom is -0.390 e. The third kappa shape index (κ3) is 4.22. The Kier molecular flexibility index (Phi) is 4.28. The number of hydrogen-bond donors (Lipinski definition) is 2. The maximum absolute atomic E-state index is 12.7. The average Bonchev–Trinajstić information content (AvgIpc) is 2.25. The van der Waals surface area contributed by atoms with E-state index in [0.29, 0.717) is 0 Å². The molecule has 102 valence electrons.